The zero-order valence-electron chi connectivity index (χ0n) is 11.3. The lowest BCUT2D eigenvalue weighted by Gasteiger charge is -2.36. The van der Waals surface area contributed by atoms with Crippen LogP contribution in [-0.4, -0.2) is 25.5 Å². The number of fused-ring (bicyclic) bond motifs is 2. The van der Waals surface area contributed by atoms with Crippen molar-refractivity contribution >= 4 is 8.07 Å². The van der Waals surface area contributed by atoms with Gasteiger partial charge in [-0.05, 0) is 49.0 Å². The molecule has 0 radical (unpaired) electrons. The van der Waals surface area contributed by atoms with Gasteiger partial charge in [0.15, 0.2) is 0 Å². The summed E-state index contributed by atoms with van der Waals surface area (Å²) in [5.74, 6) is 1.16. The monoisotopic (exact) mass is 280 g/mol. The average molecular weight is 280 g/mol. The van der Waals surface area contributed by atoms with E-state index in [9.17, 15) is 18.3 Å². The first-order valence-corrected chi connectivity index (χ1v) is 10.4. The molecule has 0 heterocycles. The number of rotatable bonds is 3. The third-order valence-corrected chi connectivity index (χ3v) is 7.95. The van der Waals surface area contributed by atoms with Crippen molar-refractivity contribution in [3.05, 3.63) is 0 Å². The minimum Gasteiger partial charge on any atom is -0.384 e. The van der Waals surface area contributed by atoms with Crippen LogP contribution >= 0.6 is 0 Å². The molecule has 2 aliphatic rings. The van der Waals surface area contributed by atoms with Gasteiger partial charge in [0.05, 0.1) is 0 Å². The van der Waals surface area contributed by atoms with Gasteiger partial charge in [-0.2, -0.15) is 13.2 Å². The van der Waals surface area contributed by atoms with Crippen LogP contribution in [0.1, 0.15) is 25.7 Å². The van der Waals surface area contributed by atoms with Crippen LogP contribution in [-0.2, 0) is 0 Å². The Labute approximate surface area is 108 Å². The summed E-state index contributed by atoms with van der Waals surface area (Å²) >= 11 is 0. The van der Waals surface area contributed by atoms with E-state index in [1.165, 1.54) is 0 Å². The minimum absolute atomic E-state index is 0.0803. The van der Waals surface area contributed by atoms with E-state index >= 15 is 0 Å². The van der Waals surface area contributed by atoms with Crippen molar-refractivity contribution in [2.75, 3.05) is 0 Å². The summed E-state index contributed by atoms with van der Waals surface area (Å²) in [4.78, 5) is 0. The van der Waals surface area contributed by atoms with Crippen molar-refractivity contribution in [2.24, 2.45) is 17.8 Å². The largest absolute Gasteiger partial charge is 0.414 e. The fraction of sp³-hybridized carbons (Fsp3) is 1.00. The lowest BCUT2D eigenvalue weighted by molar-refractivity contribution is -0.209. The fourth-order valence-corrected chi connectivity index (χ4v) is 6.86. The van der Waals surface area contributed by atoms with Gasteiger partial charge in [0.25, 0.3) is 0 Å². The van der Waals surface area contributed by atoms with Crippen molar-refractivity contribution in [3.8, 4) is 0 Å². The number of aliphatic hydroxyl groups is 1. The molecular formula is C13H23F3OSi. The predicted molar refractivity (Wildman–Crippen MR) is 68.1 cm³/mol. The van der Waals surface area contributed by atoms with Gasteiger partial charge < -0.3 is 5.11 Å². The summed E-state index contributed by atoms with van der Waals surface area (Å²) < 4.78 is 37.1. The maximum atomic E-state index is 12.4. The molecule has 5 unspecified atom stereocenters. The first kappa shape index (κ1) is 14.4. The van der Waals surface area contributed by atoms with Crippen molar-refractivity contribution in [3.63, 3.8) is 0 Å². The van der Waals surface area contributed by atoms with Gasteiger partial charge in [-0.25, -0.2) is 0 Å². The molecule has 0 aliphatic heterocycles. The van der Waals surface area contributed by atoms with Gasteiger partial charge in [0.2, 0.25) is 0 Å². The second kappa shape index (κ2) is 4.51. The number of alkyl halides is 3. The normalized spacial score (nSPS) is 38.2. The molecule has 2 saturated carbocycles. The van der Waals surface area contributed by atoms with Gasteiger partial charge in [0.1, 0.15) is 6.10 Å². The van der Waals surface area contributed by atoms with Crippen LogP contribution in [0.2, 0.25) is 25.2 Å². The van der Waals surface area contributed by atoms with E-state index in [2.05, 4.69) is 19.6 Å². The number of halogens is 3. The molecule has 2 aliphatic carbocycles. The molecule has 0 saturated heterocycles. The molecule has 18 heavy (non-hydrogen) atoms. The highest BCUT2D eigenvalue weighted by Crippen LogP contribution is 2.59. The van der Waals surface area contributed by atoms with E-state index in [1.54, 1.807) is 0 Å². The minimum atomic E-state index is -4.44. The molecule has 0 spiro atoms. The second-order valence-corrected chi connectivity index (χ2v) is 12.7. The fourth-order valence-electron chi connectivity index (χ4n) is 4.16. The second-order valence-electron chi connectivity index (χ2n) is 7.25. The number of aliphatic hydroxyl groups excluding tert-OH is 1. The Kier molecular flexibility index (Phi) is 3.60. The third kappa shape index (κ3) is 2.76. The molecule has 5 atom stereocenters. The van der Waals surface area contributed by atoms with Crippen LogP contribution in [0.5, 0.6) is 0 Å². The highest BCUT2D eigenvalue weighted by atomic mass is 28.3. The van der Waals surface area contributed by atoms with Crippen LogP contribution in [0.15, 0.2) is 0 Å². The van der Waals surface area contributed by atoms with Gasteiger partial charge in [-0.15, -0.1) is 0 Å². The van der Waals surface area contributed by atoms with E-state index in [0.29, 0.717) is 11.8 Å². The van der Waals surface area contributed by atoms with Crippen LogP contribution in [0.3, 0.4) is 0 Å². The van der Waals surface area contributed by atoms with Crippen LogP contribution < -0.4 is 0 Å². The molecular weight excluding hydrogens is 257 g/mol. The van der Waals surface area contributed by atoms with Gasteiger partial charge in [0, 0.05) is 8.07 Å². The summed E-state index contributed by atoms with van der Waals surface area (Å²) in [6.07, 6.45) is -3.53. The summed E-state index contributed by atoms with van der Waals surface area (Å²) in [5, 5.41) is 9.18. The highest BCUT2D eigenvalue weighted by molar-refractivity contribution is 6.77. The van der Waals surface area contributed by atoms with E-state index in [4.69, 9.17) is 0 Å². The molecule has 2 rings (SSSR count). The SMILES string of the molecule is C[Si](C)(C)C1CC2CC1CC2CC(O)C(F)(F)F. The predicted octanol–water partition coefficient (Wildman–Crippen LogP) is 4.05. The zero-order chi connectivity index (χ0) is 13.7. The lowest BCUT2D eigenvalue weighted by atomic mass is 9.84. The van der Waals surface area contributed by atoms with E-state index < -0.39 is 20.4 Å². The average Bonchev–Trinajstić information content (AvgIpc) is 2.73. The molecule has 0 amide bonds. The Morgan fingerprint density at radius 2 is 1.72 bits per heavy atom. The molecule has 1 nitrogen and oxygen atoms in total. The Balaban J connectivity index is 1.92. The summed E-state index contributed by atoms with van der Waals surface area (Å²) in [7, 11) is -1.17. The standard InChI is InChI=1S/C13H23F3OSi/c1-18(2,3)11-6-8-4-10(11)5-9(8)7-12(17)13(14,15)16/h8-12,17H,4-7H2,1-3H3. The van der Waals surface area contributed by atoms with Crippen molar-refractivity contribution in [2.45, 2.75) is 63.1 Å². The topological polar surface area (TPSA) is 20.2 Å². The molecule has 0 aromatic carbocycles. The van der Waals surface area contributed by atoms with Gasteiger partial charge in [-0.3, -0.25) is 0 Å². The Morgan fingerprint density at radius 1 is 1.11 bits per heavy atom. The first-order valence-electron chi connectivity index (χ1n) is 6.84. The number of hydrogen-bond acceptors (Lipinski definition) is 1. The van der Waals surface area contributed by atoms with Crippen LogP contribution in [0.4, 0.5) is 13.2 Å². The van der Waals surface area contributed by atoms with Crippen molar-refractivity contribution in [1.29, 1.82) is 0 Å². The maximum Gasteiger partial charge on any atom is 0.414 e. The quantitative estimate of drug-likeness (QED) is 0.773. The summed E-state index contributed by atoms with van der Waals surface area (Å²) in [6, 6.07) is 0. The van der Waals surface area contributed by atoms with Crippen LogP contribution in [0, 0.1) is 17.8 Å². The van der Waals surface area contributed by atoms with E-state index in [-0.39, 0.29) is 12.3 Å². The molecule has 2 bridgehead atoms. The van der Waals surface area contributed by atoms with E-state index in [0.717, 1.165) is 24.8 Å². The maximum absolute atomic E-state index is 12.4. The molecule has 106 valence electrons. The number of hydrogen-bond donors (Lipinski definition) is 1. The van der Waals surface area contributed by atoms with E-state index in [1.807, 2.05) is 0 Å². The third-order valence-electron chi connectivity index (χ3n) is 5.02. The Hall–Kier alpha value is -0.0331. The Bertz CT molecular complexity index is 310. The molecule has 0 aromatic rings. The van der Waals surface area contributed by atoms with Gasteiger partial charge >= 0.3 is 6.18 Å². The lowest BCUT2D eigenvalue weighted by Crippen LogP contribution is -2.36. The molecule has 1 N–H and O–H groups in total. The molecule has 5 heteroatoms. The summed E-state index contributed by atoms with van der Waals surface area (Å²) in [6.45, 7) is 7.08. The van der Waals surface area contributed by atoms with Crippen molar-refractivity contribution < 1.29 is 18.3 Å². The van der Waals surface area contributed by atoms with Crippen LogP contribution in [0.25, 0.3) is 0 Å². The molecule has 0 aromatic heterocycles. The Morgan fingerprint density at radius 3 is 2.11 bits per heavy atom. The smallest absolute Gasteiger partial charge is 0.384 e. The zero-order valence-corrected chi connectivity index (χ0v) is 12.3. The van der Waals surface area contributed by atoms with Crippen molar-refractivity contribution in [1.82, 2.24) is 0 Å². The molecule has 2 fully saturated rings. The first-order chi connectivity index (χ1) is 8.09. The van der Waals surface area contributed by atoms with Gasteiger partial charge in [-0.1, -0.05) is 19.6 Å². The highest BCUT2D eigenvalue weighted by Gasteiger charge is 2.51. The summed E-state index contributed by atoms with van der Waals surface area (Å²) in [5.41, 5.74) is 0.779.